The zero-order chi connectivity index (χ0) is 18.0. The Bertz CT molecular complexity index is 745. The van der Waals surface area contributed by atoms with Crippen LogP contribution in [-0.2, 0) is 5.60 Å². The van der Waals surface area contributed by atoms with Crippen molar-refractivity contribution in [1.29, 1.82) is 0 Å². The maximum atomic E-state index is 13.8. The van der Waals surface area contributed by atoms with Crippen molar-refractivity contribution in [1.82, 2.24) is 4.90 Å². The molecule has 1 unspecified atom stereocenters. The number of phenolic OH excluding ortho intramolecular Hbond substituents is 1. The van der Waals surface area contributed by atoms with E-state index in [1.807, 2.05) is 4.90 Å². The van der Waals surface area contributed by atoms with Crippen LogP contribution in [0.25, 0.3) is 0 Å². The summed E-state index contributed by atoms with van der Waals surface area (Å²) >= 11 is 0. The third-order valence-corrected chi connectivity index (χ3v) is 4.82. The number of aliphatic hydroxyl groups is 2. The molecule has 3 N–H and O–H groups in total. The maximum Gasteiger partial charge on any atom is 0.132 e. The maximum absolute atomic E-state index is 13.8. The molecule has 0 radical (unpaired) electrons. The Morgan fingerprint density at radius 2 is 1.80 bits per heavy atom. The Morgan fingerprint density at radius 1 is 1.08 bits per heavy atom. The lowest BCUT2D eigenvalue weighted by atomic mass is 9.84. The number of nitrogens with zero attached hydrogens (tertiary/aromatic N) is 1. The van der Waals surface area contributed by atoms with Gasteiger partial charge in [-0.05, 0) is 42.7 Å². The molecule has 1 fully saturated rings. The van der Waals surface area contributed by atoms with E-state index in [9.17, 15) is 24.1 Å². The number of hydrogen-bond acceptors (Lipinski definition) is 4. The van der Waals surface area contributed by atoms with Gasteiger partial charge in [-0.3, -0.25) is 0 Å². The fraction of sp³-hybridized carbons (Fsp3) is 0.368. The lowest BCUT2D eigenvalue weighted by molar-refractivity contribution is -0.0348. The highest BCUT2D eigenvalue weighted by Crippen LogP contribution is 2.34. The van der Waals surface area contributed by atoms with Gasteiger partial charge in [-0.1, -0.05) is 12.1 Å². The van der Waals surface area contributed by atoms with Crippen molar-refractivity contribution in [3.8, 4) is 5.75 Å². The summed E-state index contributed by atoms with van der Waals surface area (Å²) in [5.41, 5.74) is -0.408. The molecular weight excluding hydrogens is 328 g/mol. The lowest BCUT2D eigenvalue weighted by Gasteiger charge is -2.39. The highest BCUT2D eigenvalue weighted by atomic mass is 19.1. The minimum atomic E-state index is -1.09. The number of rotatable bonds is 4. The Kier molecular flexibility index (Phi) is 5.03. The molecule has 1 heterocycles. The van der Waals surface area contributed by atoms with Crippen LogP contribution in [0.5, 0.6) is 5.75 Å². The molecule has 2 aromatic rings. The minimum Gasteiger partial charge on any atom is -0.508 e. The molecule has 25 heavy (non-hydrogen) atoms. The van der Waals surface area contributed by atoms with E-state index >= 15 is 0 Å². The molecule has 134 valence electrons. The third-order valence-electron chi connectivity index (χ3n) is 4.82. The molecule has 1 aliphatic heterocycles. The first-order chi connectivity index (χ1) is 11.9. The van der Waals surface area contributed by atoms with Gasteiger partial charge >= 0.3 is 0 Å². The molecule has 1 saturated heterocycles. The van der Waals surface area contributed by atoms with E-state index in [2.05, 4.69) is 0 Å². The van der Waals surface area contributed by atoms with Crippen LogP contribution >= 0.6 is 0 Å². The minimum absolute atomic E-state index is 0.128. The summed E-state index contributed by atoms with van der Waals surface area (Å²) in [7, 11) is 0. The van der Waals surface area contributed by atoms with Gasteiger partial charge in [0.2, 0.25) is 0 Å². The number of halogens is 2. The molecule has 4 nitrogen and oxygen atoms in total. The average Bonchev–Trinajstić information content (AvgIpc) is 2.57. The smallest absolute Gasteiger partial charge is 0.132 e. The van der Waals surface area contributed by atoms with E-state index in [-0.39, 0.29) is 23.7 Å². The molecule has 0 spiro atoms. The number of piperidine rings is 1. The second-order valence-corrected chi connectivity index (χ2v) is 6.56. The zero-order valence-corrected chi connectivity index (χ0v) is 13.7. The SMILES string of the molecule is Oc1ccc(C(O)CN2CCC(O)(c3cccc(F)c3)CC2)c(F)c1. The predicted molar refractivity (Wildman–Crippen MR) is 89.0 cm³/mol. The van der Waals surface area contributed by atoms with Gasteiger partial charge in [0.15, 0.2) is 0 Å². The normalized spacial score (nSPS) is 18.9. The fourth-order valence-corrected chi connectivity index (χ4v) is 3.30. The number of β-amino-alcohol motifs (C(OH)–C–C–N with tert-alkyl or cyclic N) is 1. The van der Waals surface area contributed by atoms with Gasteiger partial charge in [0.25, 0.3) is 0 Å². The van der Waals surface area contributed by atoms with Crippen LogP contribution in [0, 0.1) is 11.6 Å². The molecule has 1 aliphatic rings. The topological polar surface area (TPSA) is 63.9 Å². The van der Waals surface area contributed by atoms with Crippen LogP contribution in [0.1, 0.15) is 30.1 Å². The predicted octanol–water partition coefficient (Wildman–Crippen LogP) is 2.69. The van der Waals surface area contributed by atoms with Crippen molar-refractivity contribution >= 4 is 0 Å². The van der Waals surface area contributed by atoms with E-state index in [0.29, 0.717) is 31.5 Å². The summed E-state index contributed by atoms with van der Waals surface area (Å²) < 4.78 is 27.2. The molecular formula is C19H21F2NO3. The van der Waals surface area contributed by atoms with Crippen LogP contribution in [0.3, 0.4) is 0 Å². The summed E-state index contributed by atoms with van der Waals surface area (Å²) in [4.78, 5) is 1.94. The molecule has 6 heteroatoms. The van der Waals surface area contributed by atoms with Crippen LogP contribution in [0.4, 0.5) is 8.78 Å². The van der Waals surface area contributed by atoms with Crippen molar-refractivity contribution in [3.05, 3.63) is 65.2 Å². The van der Waals surface area contributed by atoms with E-state index in [4.69, 9.17) is 0 Å². The van der Waals surface area contributed by atoms with Crippen molar-refractivity contribution in [2.75, 3.05) is 19.6 Å². The average molecular weight is 349 g/mol. The Balaban J connectivity index is 1.62. The summed E-state index contributed by atoms with van der Waals surface area (Å²) in [5.74, 6) is -1.22. The summed E-state index contributed by atoms with van der Waals surface area (Å²) in [6.07, 6.45) is -0.219. The van der Waals surface area contributed by atoms with Crippen molar-refractivity contribution in [2.24, 2.45) is 0 Å². The van der Waals surface area contributed by atoms with Gasteiger partial charge in [-0.25, -0.2) is 8.78 Å². The molecule has 1 atom stereocenters. The molecule has 0 amide bonds. The first-order valence-electron chi connectivity index (χ1n) is 8.25. The fourth-order valence-electron chi connectivity index (χ4n) is 3.30. The number of likely N-dealkylation sites (tertiary alicyclic amines) is 1. The lowest BCUT2D eigenvalue weighted by Crippen LogP contribution is -2.44. The van der Waals surface area contributed by atoms with Gasteiger partial charge in [0, 0.05) is 31.3 Å². The zero-order valence-electron chi connectivity index (χ0n) is 13.7. The number of hydrogen-bond donors (Lipinski definition) is 3. The summed E-state index contributed by atoms with van der Waals surface area (Å²) in [6, 6.07) is 9.63. The quantitative estimate of drug-likeness (QED) is 0.794. The Hall–Kier alpha value is -2.02. The van der Waals surface area contributed by atoms with Gasteiger partial charge in [0.1, 0.15) is 17.4 Å². The first-order valence-corrected chi connectivity index (χ1v) is 8.25. The summed E-state index contributed by atoms with van der Waals surface area (Å²) in [5, 5.41) is 30.3. The van der Waals surface area contributed by atoms with Gasteiger partial charge in [0.05, 0.1) is 11.7 Å². The standard InChI is InChI=1S/C19H21F2NO3/c20-14-3-1-2-13(10-14)19(25)6-8-22(9-7-19)12-18(24)16-5-4-15(23)11-17(16)21/h1-5,10-11,18,23-25H,6-9,12H2. The van der Waals surface area contributed by atoms with E-state index in [1.165, 1.54) is 24.3 Å². The van der Waals surface area contributed by atoms with Gasteiger partial charge < -0.3 is 20.2 Å². The van der Waals surface area contributed by atoms with Crippen LogP contribution in [0.2, 0.25) is 0 Å². The third kappa shape index (κ3) is 3.98. The molecule has 0 saturated carbocycles. The highest BCUT2D eigenvalue weighted by molar-refractivity contribution is 5.29. The Labute approximate surface area is 145 Å². The summed E-state index contributed by atoms with van der Waals surface area (Å²) in [6.45, 7) is 1.23. The number of aliphatic hydroxyl groups excluding tert-OH is 1. The monoisotopic (exact) mass is 349 g/mol. The van der Waals surface area contributed by atoms with Crippen LogP contribution in [0.15, 0.2) is 42.5 Å². The molecule has 3 rings (SSSR count). The number of benzene rings is 2. The molecule has 0 aliphatic carbocycles. The van der Waals surface area contributed by atoms with Crippen molar-refractivity contribution < 1.29 is 24.1 Å². The number of aromatic hydroxyl groups is 1. The highest BCUT2D eigenvalue weighted by Gasteiger charge is 2.34. The second-order valence-electron chi connectivity index (χ2n) is 6.56. The second kappa shape index (κ2) is 7.07. The largest absolute Gasteiger partial charge is 0.508 e. The van der Waals surface area contributed by atoms with Gasteiger partial charge in [-0.15, -0.1) is 0 Å². The first kappa shape index (κ1) is 17.8. The Morgan fingerprint density at radius 3 is 2.44 bits per heavy atom. The molecule has 0 aromatic heterocycles. The van der Waals surface area contributed by atoms with Gasteiger partial charge in [-0.2, -0.15) is 0 Å². The van der Waals surface area contributed by atoms with Crippen LogP contribution in [-0.4, -0.2) is 39.9 Å². The molecule has 0 bridgehead atoms. The van der Waals surface area contributed by atoms with Crippen molar-refractivity contribution in [2.45, 2.75) is 24.5 Å². The van der Waals surface area contributed by atoms with Crippen molar-refractivity contribution in [3.63, 3.8) is 0 Å². The van der Waals surface area contributed by atoms with E-state index in [0.717, 1.165) is 6.07 Å². The number of phenols is 1. The molecule has 2 aromatic carbocycles. The van der Waals surface area contributed by atoms with Crippen LogP contribution < -0.4 is 0 Å². The van der Waals surface area contributed by atoms with E-state index < -0.39 is 17.5 Å². The van der Waals surface area contributed by atoms with E-state index in [1.54, 1.807) is 12.1 Å².